The van der Waals surface area contributed by atoms with Gasteiger partial charge in [-0.2, -0.15) is 0 Å². The minimum atomic E-state index is -1.72. The molecule has 0 aliphatic carbocycles. The van der Waals surface area contributed by atoms with Gasteiger partial charge >= 0.3 is 17.9 Å². The van der Waals surface area contributed by atoms with Crippen LogP contribution in [0, 0.1) is 0 Å². The van der Waals surface area contributed by atoms with Crippen molar-refractivity contribution in [2.75, 3.05) is 0 Å². The van der Waals surface area contributed by atoms with Crippen LogP contribution in [0.2, 0.25) is 0 Å². The van der Waals surface area contributed by atoms with Gasteiger partial charge in [0.1, 0.15) is 5.60 Å². The molecule has 0 aromatic carbocycles. The Bertz CT molecular complexity index is 480. The highest BCUT2D eigenvalue weighted by Crippen LogP contribution is 2.19. The predicted octanol–water partition coefficient (Wildman–Crippen LogP) is 0.561. The molecule has 0 rings (SSSR count). The van der Waals surface area contributed by atoms with Crippen LogP contribution < -0.4 is 0 Å². The van der Waals surface area contributed by atoms with Crippen LogP contribution in [0.4, 0.5) is 0 Å². The Balaban J connectivity index is 4.53. The Hall–Kier alpha value is -2.45. The summed E-state index contributed by atoms with van der Waals surface area (Å²) in [5.74, 6) is -3.72. The number of rotatable bonds is 11. The molecule has 8 nitrogen and oxygen atoms in total. The molecule has 8 heteroatoms. The normalized spacial score (nSPS) is 15.9. The molecule has 0 heterocycles. The molecule has 0 saturated carbocycles. The Morgan fingerprint density at radius 1 is 0.870 bits per heavy atom. The van der Waals surface area contributed by atoms with E-state index in [1.165, 1.54) is 0 Å². The van der Waals surface area contributed by atoms with Crippen LogP contribution in [-0.4, -0.2) is 55.1 Å². The van der Waals surface area contributed by atoms with Crippen LogP contribution in [0.3, 0.4) is 0 Å². The van der Waals surface area contributed by atoms with E-state index in [9.17, 15) is 24.6 Å². The second-order valence-corrected chi connectivity index (χ2v) is 4.84. The van der Waals surface area contributed by atoms with Crippen molar-refractivity contribution < 1.29 is 39.9 Å². The maximum Gasteiger partial charge on any atom is 0.328 e. The van der Waals surface area contributed by atoms with E-state index in [4.69, 9.17) is 15.3 Å². The monoisotopic (exact) mass is 328 g/mol. The third-order valence-corrected chi connectivity index (χ3v) is 2.82. The maximum absolute atomic E-state index is 10.5. The van der Waals surface area contributed by atoms with Crippen LogP contribution in [0.25, 0.3) is 0 Å². The Kier molecular flexibility index (Phi) is 9.21. The Morgan fingerprint density at radius 3 is 1.78 bits per heavy atom. The largest absolute Gasteiger partial charge is 0.478 e. The molecule has 0 fully saturated rings. The van der Waals surface area contributed by atoms with Crippen LogP contribution >= 0.6 is 0 Å². The molecule has 0 saturated heterocycles. The van der Waals surface area contributed by atoms with Crippen molar-refractivity contribution in [3.63, 3.8) is 0 Å². The highest BCUT2D eigenvalue weighted by molar-refractivity contribution is 5.81. The van der Waals surface area contributed by atoms with Gasteiger partial charge < -0.3 is 25.5 Å². The number of unbranched alkanes of at least 4 members (excludes halogenated alkanes) is 1. The van der Waals surface area contributed by atoms with Gasteiger partial charge in [0, 0.05) is 18.2 Å². The van der Waals surface area contributed by atoms with E-state index in [-0.39, 0.29) is 12.8 Å². The van der Waals surface area contributed by atoms with Gasteiger partial charge in [0.25, 0.3) is 0 Å². The molecule has 1 atom stereocenters. The van der Waals surface area contributed by atoms with Crippen molar-refractivity contribution in [3.05, 3.63) is 36.5 Å². The molecule has 0 bridgehead atoms. The van der Waals surface area contributed by atoms with Crippen molar-refractivity contribution in [3.8, 4) is 0 Å². The molecule has 23 heavy (non-hydrogen) atoms. The van der Waals surface area contributed by atoms with E-state index in [2.05, 4.69) is 0 Å². The predicted molar refractivity (Wildman–Crippen MR) is 79.8 cm³/mol. The number of aliphatic carboxylic acids is 3. The second kappa shape index (κ2) is 10.3. The lowest BCUT2D eigenvalue weighted by Gasteiger charge is -2.20. The summed E-state index contributed by atoms with van der Waals surface area (Å²) < 4.78 is 0. The molecular formula is C15H20O8. The molecule has 0 aromatic rings. The minimum Gasteiger partial charge on any atom is -0.478 e. The fourth-order valence-corrected chi connectivity index (χ4v) is 1.70. The topological polar surface area (TPSA) is 152 Å². The standard InChI is InChI=1S/C15H20O8/c16-11(4-5-12(17)18)3-1-2-8-15(23,9-6-13(19)20)10-7-14(21)22/h4-7,9-11,16,23H,1-3,8H2,(H,17,18)(H,19,20)(H,21,22). The van der Waals surface area contributed by atoms with Crippen molar-refractivity contribution >= 4 is 17.9 Å². The zero-order chi connectivity index (χ0) is 17.9. The van der Waals surface area contributed by atoms with E-state index < -0.39 is 29.6 Å². The third-order valence-electron chi connectivity index (χ3n) is 2.82. The van der Waals surface area contributed by atoms with Crippen LogP contribution in [0.15, 0.2) is 36.5 Å². The first-order valence-corrected chi connectivity index (χ1v) is 6.80. The smallest absolute Gasteiger partial charge is 0.328 e. The molecule has 128 valence electrons. The molecule has 0 aromatic heterocycles. The zero-order valence-electron chi connectivity index (χ0n) is 12.3. The van der Waals surface area contributed by atoms with E-state index in [0.717, 1.165) is 36.5 Å². The number of aliphatic hydroxyl groups is 2. The van der Waals surface area contributed by atoms with Crippen molar-refractivity contribution in [1.82, 2.24) is 0 Å². The van der Waals surface area contributed by atoms with E-state index in [1.807, 2.05) is 0 Å². The highest BCUT2D eigenvalue weighted by Gasteiger charge is 2.20. The average Bonchev–Trinajstić information content (AvgIpc) is 2.46. The molecule has 0 aliphatic heterocycles. The number of carboxylic acid groups (broad SMARTS) is 3. The van der Waals surface area contributed by atoms with Gasteiger partial charge in [0.15, 0.2) is 0 Å². The minimum absolute atomic E-state index is 0.0515. The fourth-order valence-electron chi connectivity index (χ4n) is 1.70. The second-order valence-electron chi connectivity index (χ2n) is 4.84. The summed E-state index contributed by atoms with van der Waals surface area (Å²) >= 11 is 0. The third kappa shape index (κ3) is 11.8. The molecule has 0 radical (unpaired) electrons. The van der Waals surface area contributed by atoms with Gasteiger partial charge in [-0.05, 0) is 37.5 Å². The van der Waals surface area contributed by atoms with Gasteiger partial charge in [-0.15, -0.1) is 0 Å². The van der Waals surface area contributed by atoms with Crippen LogP contribution in [0.1, 0.15) is 25.7 Å². The molecule has 1 unspecified atom stereocenters. The lowest BCUT2D eigenvalue weighted by molar-refractivity contribution is -0.132. The Labute approximate surface area is 132 Å². The molecule has 0 aliphatic rings. The van der Waals surface area contributed by atoms with E-state index in [1.54, 1.807) is 0 Å². The van der Waals surface area contributed by atoms with Gasteiger partial charge in [-0.3, -0.25) is 0 Å². The number of hydrogen-bond donors (Lipinski definition) is 5. The fraction of sp³-hybridized carbons (Fsp3) is 0.400. The molecule has 0 spiro atoms. The van der Waals surface area contributed by atoms with Crippen molar-refractivity contribution in [1.29, 1.82) is 0 Å². The lowest BCUT2D eigenvalue weighted by atomic mass is 9.94. The Morgan fingerprint density at radius 2 is 1.35 bits per heavy atom. The lowest BCUT2D eigenvalue weighted by Crippen LogP contribution is -2.23. The van der Waals surface area contributed by atoms with Gasteiger partial charge in [-0.25, -0.2) is 14.4 Å². The first-order valence-electron chi connectivity index (χ1n) is 6.80. The quantitative estimate of drug-likeness (QED) is 0.272. The summed E-state index contributed by atoms with van der Waals surface area (Å²) in [6.07, 6.45) is 5.51. The van der Waals surface area contributed by atoms with E-state index in [0.29, 0.717) is 12.8 Å². The average molecular weight is 328 g/mol. The first kappa shape index (κ1) is 20.6. The van der Waals surface area contributed by atoms with Gasteiger partial charge in [0.2, 0.25) is 0 Å². The SMILES string of the molecule is O=C(O)C=CC(O)CCCCC(O)(C=CC(=O)O)C=CC(=O)O. The summed E-state index contributed by atoms with van der Waals surface area (Å²) in [7, 11) is 0. The summed E-state index contributed by atoms with van der Waals surface area (Å²) in [5.41, 5.74) is -1.72. The summed E-state index contributed by atoms with van der Waals surface area (Å²) in [6.45, 7) is 0. The number of hydrogen-bond acceptors (Lipinski definition) is 5. The summed E-state index contributed by atoms with van der Waals surface area (Å²) in [6, 6.07) is 0. The van der Waals surface area contributed by atoms with Gasteiger partial charge in [-0.1, -0.05) is 6.42 Å². The van der Waals surface area contributed by atoms with E-state index >= 15 is 0 Å². The number of carbonyl (C=O) groups is 3. The van der Waals surface area contributed by atoms with Crippen molar-refractivity contribution in [2.45, 2.75) is 37.4 Å². The van der Waals surface area contributed by atoms with Crippen LogP contribution in [0.5, 0.6) is 0 Å². The van der Waals surface area contributed by atoms with Gasteiger partial charge in [0.05, 0.1) is 6.10 Å². The zero-order valence-corrected chi connectivity index (χ0v) is 12.3. The summed E-state index contributed by atoms with van der Waals surface area (Å²) in [4.78, 5) is 31.3. The first-order chi connectivity index (χ1) is 10.6. The highest BCUT2D eigenvalue weighted by atomic mass is 16.4. The summed E-state index contributed by atoms with van der Waals surface area (Å²) in [5, 5.41) is 45.2. The molecule has 5 N–H and O–H groups in total. The van der Waals surface area contributed by atoms with Crippen molar-refractivity contribution in [2.24, 2.45) is 0 Å². The molecule has 0 amide bonds. The number of aliphatic hydroxyl groups excluding tert-OH is 1. The molecular weight excluding hydrogens is 308 g/mol. The number of carboxylic acids is 3. The maximum atomic E-state index is 10.5. The van der Waals surface area contributed by atoms with Crippen LogP contribution in [-0.2, 0) is 14.4 Å².